The number of anilines is 1. The monoisotopic (exact) mass is 362 g/mol. The minimum Gasteiger partial charge on any atom is -0.497 e. The van der Waals surface area contributed by atoms with Crippen molar-refractivity contribution in [1.82, 2.24) is 14.9 Å². The fourth-order valence-corrected chi connectivity index (χ4v) is 3.50. The lowest BCUT2D eigenvalue weighted by Gasteiger charge is -2.24. The molecule has 1 unspecified atom stereocenters. The Morgan fingerprint density at radius 2 is 1.96 bits per heavy atom. The molecule has 0 spiro atoms. The van der Waals surface area contributed by atoms with Gasteiger partial charge in [-0.3, -0.25) is 4.90 Å². The number of carbonyl (C=O) groups is 1. The number of methoxy groups -OCH3 is 1. The number of benzene rings is 2. The maximum Gasteiger partial charge on any atom is 0.322 e. The molecule has 27 heavy (non-hydrogen) atoms. The van der Waals surface area contributed by atoms with Gasteiger partial charge in [0.1, 0.15) is 17.6 Å². The molecular formula is C21H22N4O2. The minimum atomic E-state index is -0.351. The number of amides is 2. The number of hydrogen-bond donors (Lipinski definition) is 1. The quantitative estimate of drug-likeness (QED) is 0.775. The first kappa shape index (κ1) is 17.1. The molecule has 2 heterocycles. The van der Waals surface area contributed by atoms with Crippen molar-refractivity contribution >= 4 is 11.7 Å². The van der Waals surface area contributed by atoms with Crippen molar-refractivity contribution in [1.29, 1.82) is 0 Å². The second-order valence-corrected chi connectivity index (χ2v) is 6.58. The molecule has 0 aliphatic carbocycles. The van der Waals surface area contributed by atoms with E-state index in [1.165, 1.54) is 5.56 Å². The van der Waals surface area contributed by atoms with E-state index < -0.39 is 0 Å². The van der Waals surface area contributed by atoms with E-state index in [2.05, 4.69) is 16.4 Å². The molecule has 1 aromatic heterocycles. The summed E-state index contributed by atoms with van der Waals surface area (Å²) >= 11 is 0. The van der Waals surface area contributed by atoms with Gasteiger partial charge >= 0.3 is 6.03 Å². The highest BCUT2D eigenvalue weighted by molar-refractivity contribution is 5.94. The van der Waals surface area contributed by atoms with Crippen molar-refractivity contribution in [3.8, 4) is 5.75 Å². The van der Waals surface area contributed by atoms with Crippen molar-refractivity contribution < 1.29 is 9.53 Å². The van der Waals surface area contributed by atoms with E-state index in [1.54, 1.807) is 18.2 Å². The van der Waals surface area contributed by atoms with Crippen LogP contribution in [-0.2, 0) is 13.5 Å². The molecule has 1 N–H and O–H groups in total. The fourth-order valence-electron chi connectivity index (χ4n) is 3.50. The average molecular weight is 362 g/mol. The summed E-state index contributed by atoms with van der Waals surface area (Å²) in [6, 6.07) is 15.3. The largest absolute Gasteiger partial charge is 0.497 e. The highest BCUT2D eigenvalue weighted by atomic mass is 16.5. The topological polar surface area (TPSA) is 59.4 Å². The van der Waals surface area contributed by atoms with Gasteiger partial charge in [-0.1, -0.05) is 30.3 Å². The molecule has 4 rings (SSSR count). The van der Waals surface area contributed by atoms with E-state index in [1.807, 2.05) is 60.3 Å². The van der Waals surface area contributed by atoms with Crippen LogP contribution < -0.4 is 15.0 Å². The van der Waals surface area contributed by atoms with Gasteiger partial charge < -0.3 is 14.6 Å². The summed E-state index contributed by atoms with van der Waals surface area (Å²) in [5.41, 5.74) is 3.12. The number of ether oxygens (including phenoxy) is 1. The number of aryl methyl sites for hydroxylation is 1. The average Bonchev–Trinajstić information content (AvgIpc) is 3.32. The third-order valence-electron chi connectivity index (χ3n) is 4.97. The second-order valence-electron chi connectivity index (χ2n) is 6.58. The summed E-state index contributed by atoms with van der Waals surface area (Å²) in [5.74, 6) is 1.55. The summed E-state index contributed by atoms with van der Waals surface area (Å²) in [6.07, 6.45) is 4.49. The third kappa shape index (κ3) is 3.26. The first-order valence-electron chi connectivity index (χ1n) is 8.94. The number of rotatable bonds is 4. The number of aromatic nitrogens is 2. The van der Waals surface area contributed by atoms with Crippen molar-refractivity contribution in [3.05, 3.63) is 77.9 Å². The predicted octanol–water partition coefficient (Wildman–Crippen LogP) is 3.29. The second kappa shape index (κ2) is 7.15. The van der Waals surface area contributed by atoms with Crippen LogP contribution in [-0.4, -0.2) is 29.2 Å². The molecule has 0 radical (unpaired) electrons. The Kier molecular flexibility index (Phi) is 4.54. The Bertz CT molecular complexity index is 949. The SMILES string of the molecule is COc1ccc(C(NC(=O)N2CCc3ccccc32)c2nccn2C)cc1. The van der Waals surface area contributed by atoms with Crippen molar-refractivity contribution in [3.63, 3.8) is 0 Å². The zero-order valence-corrected chi connectivity index (χ0v) is 15.4. The third-order valence-corrected chi connectivity index (χ3v) is 4.97. The van der Waals surface area contributed by atoms with Crippen LogP contribution in [0.5, 0.6) is 5.75 Å². The van der Waals surface area contributed by atoms with Crippen LogP contribution in [0.1, 0.15) is 23.0 Å². The predicted molar refractivity (Wildman–Crippen MR) is 104 cm³/mol. The Morgan fingerprint density at radius 3 is 2.67 bits per heavy atom. The maximum absolute atomic E-state index is 13.1. The van der Waals surface area contributed by atoms with Crippen LogP contribution in [0.15, 0.2) is 60.9 Å². The van der Waals surface area contributed by atoms with E-state index in [4.69, 9.17) is 4.74 Å². The standard InChI is InChI=1S/C21H22N4O2/c1-24-14-12-22-20(24)19(16-7-9-17(27-2)10-8-16)23-21(26)25-13-11-15-5-3-4-6-18(15)25/h3-10,12,14,19H,11,13H2,1-2H3,(H,23,26). The van der Waals surface area contributed by atoms with Gasteiger partial charge in [0, 0.05) is 31.7 Å². The summed E-state index contributed by atoms with van der Waals surface area (Å²) < 4.78 is 7.17. The number of urea groups is 1. The van der Waals surface area contributed by atoms with Crippen molar-refractivity contribution in [2.75, 3.05) is 18.6 Å². The molecule has 1 aliphatic rings. The summed E-state index contributed by atoms with van der Waals surface area (Å²) in [7, 11) is 3.56. The summed E-state index contributed by atoms with van der Waals surface area (Å²) in [5, 5.41) is 3.16. The van der Waals surface area contributed by atoms with Crippen LogP contribution in [0.2, 0.25) is 0 Å². The Morgan fingerprint density at radius 1 is 1.19 bits per heavy atom. The van der Waals surface area contributed by atoms with Crippen LogP contribution >= 0.6 is 0 Å². The molecule has 2 amide bonds. The first-order valence-corrected chi connectivity index (χ1v) is 8.94. The maximum atomic E-state index is 13.1. The van der Waals surface area contributed by atoms with E-state index in [0.717, 1.165) is 29.2 Å². The van der Waals surface area contributed by atoms with Gasteiger partial charge in [0.15, 0.2) is 0 Å². The molecule has 2 aromatic carbocycles. The van der Waals surface area contributed by atoms with Crippen molar-refractivity contribution in [2.24, 2.45) is 7.05 Å². The Balaban J connectivity index is 1.63. The minimum absolute atomic E-state index is 0.122. The van der Waals surface area contributed by atoms with Gasteiger partial charge in [-0.2, -0.15) is 0 Å². The molecule has 1 atom stereocenters. The van der Waals surface area contributed by atoms with Crippen LogP contribution in [0.4, 0.5) is 10.5 Å². The van der Waals surface area contributed by atoms with E-state index in [9.17, 15) is 4.79 Å². The number of hydrogen-bond acceptors (Lipinski definition) is 3. The molecule has 0 saturated carbocycles. The van der Waals surface area contributed by atoms with Crippen LogP contribution in [0.3, 0.4) is 0 Å². The van der Waals surface area contributed by atoms with Gasteiger partial charge in [-0.05, 0) is 35.7 Å². The molecule has 138 valence electrons. The van der Waals surface area contributed by atoms with Gasteiger partial charge in [0.25, 0.3) is 0 Å². The lowest BCUT2D eigenvalue weighted by Crippen LogP contribution is -2.41. The number of imidazole rings is 1. The molecule has 0 fully saturated rings. The molecule has 0 bridgehead atoms. The number of para-hydroxylation sites is 1. The lowest BCUT2D eigenvalue weighted by atomic mass is 10.1. The zero-order valence-electron chi connectivity index (χ0n) is 15.4. The molecule has 1 aliphatic heterocycles. The van der Waals surface area contributed by atoms with Crippen molar-refractivity contribution in [2.45, 2.75) is 12.5 Å². The Hall–Kier alpha value is -3.28. The lowest BCUT2D eigenvalue weighted by molar-refractivity contribution is 0.244. The summed E-state index contributed by atoms with van der Waals surface area (Å²) in [6.45, 7) is 0.682. The van der Waals surface area contributed by atoms with E-state index >= 15 is 0 Å². The highest BCUT2D eigenvalue weighted by Gasteiger charge is 2.28. The Labute approximate surface area is 158 Å². The van der Waals surface area contributed by atoms with Gasteiger partial charge in [0.2, 0.25) is 0 Å². The molecule has 6 nitrogen and oxygen atoms in total. The molecule has 0 saturated heterocycles. The number of nitrogens with zero attached hydrogens (tertiary/aromatic N) is 3. The highest BCUT2D eigenvalue weighted by Crippen LogP contribution is 2.29. The summed E-state index contributed by atoms with van der Waals surface area (Å²) in [4.78, 5) is 19.3. The zero-order chi connectivity index (χ0) is 18.8. The normalized spacial score (nSPS) is 13.9. The van der Waals surface area contributed by atoms with Gasteiger partial charge in [-0.25, -0.2) is 9.78 Å². The number of carbonyl (C=O) groups excluding carboxylic acids is 1. The molecule has 6 heteroatoms. The molecule has 3 aromatic rings. The van der Waals surface area contributed by atoms with Crippen LogP contribution in [0, 0.1) is 0 Å². The van der Waals surface area contributed by atoms with Gasteiger partial charge in [0.05, 0.1) is 7.11 Å². The van der Waals surface area contributed by atoms with Gasteiger partial charge in [-0.15, -0.1) is 0 Å². The smallest absolute Gasteiger partial charge is 0.322 e. The number of fused-ring (bicyclic) bond motifs is 1. The first-order chi connectivity index (χ1) is 13.2. The fraction of sp³-hybridized carbons (Fsp3) is 0.238. The van der Waals surface area contributed by atoms with Crippen LogP contribution in [0.25, 0.3) is 0 Å². The van der Waals surface area contributed by atoms with E-state index in [0.29, 0.717) is 6.54 Å². The molecular weight excluding hydrogens is 340 g/mol. The number of nitrogens with one attached hydrogen (secondary N) is 1. The van der Waals surface area contributed by atoms with E-state index in [-0.39, 0.29) is 12.1 Å².